The van der Waals surface area contributed by atoms with Crippen LogP contribution >= 0.6 is 11.3 Å². The zero-order valence-corrected chi connectivity index (χ0v) is 11.1. The number of nitrogen functional groups attached to an aromatic ring is 1. The Morgan fingerprint density at radius 2 is 2.00 bits per heavy atom. The summed E-state index contributed by atoms with van der Waals surface area (Å²) >= 11 is 1.18. The lowest BCUT2D eigenvalue weighted by atomic mass is 10.1. The second kappa shape index (κ2) is 5.18. The smallest absolute Gasteiger partial charge is 0.343 e. The molecule has 0 unspecified atom stereocenters. The lowest BCUT2D eigenvalue weighted by molar-refractivity contribution is 0.0603. The highest BCUT2D eigenvalue weighted by molar-refractivity contribution is 7.19. The van der Waals surface area contributed by atoms with Gasteiger partial charge in [-0.05, 0) is 0 Å². The monoisotopic (exact) mass is 256 g/mol. The number of hydrogen-bond acceptors (Lipinski definition) is 6. The van der Waals surface area contributed by atoms with Crippen molar-refractivity contribution < 1.29 is 14.3 Å². The van der Waals surface area contributed by atoms with Crippen molar-refractivity contribution >= 4 is 33.8 Å². The van der Waals surface area contributed by atoms with Gasteiger partial charge in [-0.25, -0.2) is 4.79 Å². The molecule has 0 spiro atoms. The van der Waals surface area contributed by atoms with Gasteiger partial charge in [-0.2, -0.15) is 0 Å². The number of carbonyl (C=O) groups is 2. The number of carbonyl (C=O) groups excluding carboxylic acids is 2. The maximum Gasteiger partial charge on any atom is 0.343 e. The molecule has 94 valence electrons. The van der Waals surface area contributed by atoms with Crippen molar-refractivity contribution in [2.45, 2.75) is 13.8 Å². The van der Waals surface area contributed by atoms with Gasteiger partial charge in [0.25, 0.3) is 0 Å². The van der Waals surface area contributed by atoms with Gasteiger partial charge in [-0.3, -0.25) is 4.79 Å². The van der Waals surface area contributed by atoms with Gasteiger partial charge in [0.15, 0.2) is 5.78 Å². The molecule has 0 aromatic carbocycles. The number of nitrogens with one attached hydrogen (secondary N) is 1. The molecule has 0 aliphatic rings. The fourth-order valence-corrected chi connectivity index (χ4v) is 2.52. The van der Waals surface area contributed by atoms with Crippen LogP contribution in [0.4, 0.5) is 10.7 Å². The summed E-state index contributed by atoms with van der Waals surface area (Å²) in [5.74, 6) is -0.767. The standard InChI is InChI=1S/C11H16N2O3S/c1-5(2)8(14)9-7(12)6(11(15)16-4)10(13-3)17-9/h5,13H,12H2,1-4H3. The lowest BCUT2D eigenvalue weighted by Gasteiger charge is -2.03. The van der Waals surface area contributed by atoms with Crippen LogP contribution in [-0.2, 0) is 4.74 Å². The molecule has 1 aromatic heterocycles. The predicted octanol–water partition coefficient (Wildman–Crippen LogP) is 2.00. The molecule has 17 heavy (non-hydrogen) atoms. The predicted molar refractivity (Wildman–Crippen MR) is 68.8 cm³/mol. The summed E-state index contributed by atoms with van der Waals surface area (Å²) in [4.78, 5) is 23.9. The molecule has 1 aromatic rings. The number of ether oxygens (including phenoxy) is 1. The van der Waals surface area contributed by atoms with Crippen LogP contribution in [0.2, 0.25) is 0 Å². The van der Waals surface area contributed by atoms with Crippen LogP contribution in [0.15, 0.2) is 0 Å². The average molecular weight is 256 g/mol. The molecular formula is C11H16N2O3S. The van der Waals surface area contributed by atoms with Crippen LogP contribution in [-0.4, -0.2) is 25.9 Å². The van der Waals surface area contributed by atoms with Gasteiger partial charge >= 0.3 is 5.97 Å². The van der Waals surface area contributed by atoms with Crippen LogP contribution in [0.25, 0.3) is 0 Å². The van der Waals surface area contributed by atoms with Crippen molar-refractivity contribution in [1.82, 2.24) is 0 Å². The highest BCUT2D eigenvalue weighted by Gasteiger charge is 2.26. The zero-order valence-electron chi connectivity index (χ0n) is 10.3. The molecule has 1 heterocycles. The fraction of sp³-hybridized carbons (Fsp3) is 0.455. The average Bonchev–Trinajstić information content (AvgIpc) is 2.64. The van der Waals surface area contributed by atoms with E-state index in [0.29, 0.717) is 9.88 Å². The highest BCUT2D eigenvalue weighted by atomic mass is 32.1. The van der Waals surface area contributed by atoms with E-state index in [2.05, 4.69) is 10.1 Å². The maximum atomic E-state index is 11.9. The number of nitrogens with two attached hydrogens (primary N) is 1. The molecule has 0 saturated heterocycles. The topological polar surface area (TPSA) is 81.4 Å². The number of hydrogen-bond donors (Lipinski definition) is 2. The van der Waals surface area contributed by atoms with Crippen LogP contribution in [0.3, 0.4) is 0 Å². The molecule has 0 aliphatic heterocycles. The highest BCUT2D eigenvalue weighted by Crippen LogP contribution is 2.37. The van der Waals surface area contributed by atoms with E-state index in [1.807, 2.05) is 0 Å². The van der Waals surface area contributed by atoms with E-state index < -0.39 is 5.97 Å². The fourth-order valence-electron chi connectivity index (χ4n) is 1.37. The molecule has 6 heteroatoms. The summed E-state index contributed by atoms with van der Waals surface area (Å²) in [5, 5.41) is 3.41. The minimum absolute atomic E-state index is 0.0702. The number of anilines is 2. The van der Waals surface area contributed by atoms with Gasteiger partial charge in [0, 0.05) is 13.0 Å². The number of thiophene rings is 1. The molecular weight excluding hydrogens is 240 g/mol. The quantitative estimate of drug-likeness (QED) is 0.636. The first kappa shape index (κ1) is 13.5. The summed E-state index contributed by atoms with van der Waals surface area (Å²) in [6.07, 6.45) is 0. The van der Waals surface area contributed by atoms with Gasteiger partial charge in [-0.1, -0.05) is 13.8 Å². The Labute approximate surface area is 104 Å². The van der Waals surface area contributed by atoms with Crippen molar-refractivity contribution in [2.24, 2.45) is 5.92 Å². The Morgan fingerprint density at radius 1 is 1.41 bits per heavy atom. The third kappa shape index (κ3) is 2.41. The minimum Gasteiger partial charge on any atom is -0.465 e. The lowest BCUT2D eigenvalue weighted by Crippen LogP contribution is -2.10. The molecule has 0 aliphatic carbocycles. The van der Waals surface area contributed by atoms with E-state index in [0.717, 1.165) is 0 Å². The number of esters is 1. The van der Waals surface area contributed by atoms with Crippen molar-refractivity contribution in [2.75, 3.05) is 25.2 Å². The Hall–Kier alpha value is -1.56. The van der Waals surface area contributed by atoms with E-state index in [4.69, 9.17) is 5.73 Å². The second-order valence-corrected chi connectivity index (χ2v) is 4.83. The van der Waals surface area contributed by atoms with Crippen LogP contribution < -0.4 is 11.1 Å². The first-order valence-corrected chi connectivity index (χ1v) is 5.98. The Kier molecular flexibility index (Phi) is 4.11. The second-order valence-electron chi connectivity index (χ2n) is 3.81. The minimum atomic E-state index is -0.536. The molecule has 0 bridgehead atoms. The van der Waals surface area contributed by atoms with E-state index in [1.165, 1.54) is 18.4 Å². The molecule has 0 fully saturated rings. The van der Waals surface area contributed by atoms with E-state index in [1.54, 1.807) is 20.9 Å². The number of Topliss-reactive ketones (excluding diaryl/α,β-unsaturated/α-hetero) is 1. The van der Waals surface area contributed by atoms with Crippen LogP contribution in [0.5, 0.6) is 0 Å². The van der Waals surface area contributed by atoms with E-state index in [-0.39, 0.29) is 23.0 Å². The third-order valence-corrected chi connectivity index (χ3v) is 3.55. The Morgan fingerprint density at radius 3 is 2.41 bits per heavy atom. The molecule has 0 saturated carbocycles. The number of rotatable bonds is 4. The van der Waals surface area contributed by atoms with Gasteiger partial charge < -0.3 is 15.8 Å². The zero-order chi connectivity index (χ0) is 13.2. The van der Waals surface area contributed by atoms with Crippen molar-refractivity contribution in [3.8, 4) is 0 Å². The van der Waals surface area contributed by atoms with Gasteiger partial charge in [0.2, 0.25) is 0 Å². The van der Waals surface area contributed by atoms with Crippen LogP contribution in [0, 0.1) is 5.92 Å². The summed E-state index contributed by atoms with van der Waals surface area (Å²) in [5.41, 5.74) is 6.28. The van der Waals surface area contributed by atoms with Crippen molar-refractivity contribution in [3.05, 3.63) is 10.4 Å². The summed E-state index contributed by atoms with van der Waals surface area (Å²) in [6, 6.07) is 0. The molecule has 5 nitrogen and oxygen atoms in total. The van der Waals surface area contributed by atoms with E-state index >= 15 is 0 Å². The summed E-state index contributed by atoms with van der Waals surface area (Å²) in [7, 11) is 2.95. The molecule has 0 amide bonds. The SMILES string of the molecule is CNc1sc(C(=O)C(C)C)c(N)c1C(=O)OC. The molecule has 3 N–H and O–H groups in total. The van der Waals surface area contributed by atoms with E-state index in [9.17, 15) is 9.59 Å². The van der Waals surface area contributed by atoms with Crippen LogP contribution in [0.1, 0.15) is 33.9 Å². The maximum absolute atomic E-state index is 11.9. The summed E-state index contributed by atoms with van der Waals surface area (Å²) < 4.78 is 4.65. The Bertz CT molecular complexity index is 452. The van der Waals surface area contributed by atoms with Crippen molar-refractivity contribution in [3.63, 3.8) is 0 Å². The first-order valence-electron chi connectivity index (χ1n) is 5.16. The molecule has 0 atom stereocenters. The number of ketones is 1. The normalized spacial score (nSPS) is 10.4. The first-order chi connectivity index (χ1) is 7.93. The largest absolute Gasteiger partial charge is 0.465 e. The van der Waals surface area contributed by atoms with Crippen molar-refractivity contribution in [1.29, 1.82) is 0 Å². The molecule has 1 rings (SSSR count). The van der Waals surface area contributed by atoms with Gasteiger partial charge in [-0.15, -0.1) is 11.3 Å². The molecule has 0 radical (unpaired) electrons. The van der Waals surface area contributed by atoms with Gasteiger partial charge in [0.05, 0.1) is 17.7 Å². The third-order valence-electron chi connectivity index (χ3n) is 2.31. The number of methoxy groups -OCH3 is 1. The Balaban J connectivity index is 3.33. The summed E-state index contributed by atoms with van der Waals surface area (Å²) in [6.45, 7) is 3.58. The van der Waals surface area contributed by atoms with Gasteiger partial charge in [0.1, 0.15) is 10.6 Å².